The first-order valence-corrected chi connectivity index (χ1v) is 6.21. The fourth-order valence-electron chi connectivity index (χ4n) is 1.61. The Balaban J connectivity index is 1.88. The highest BCUT2D eigenvalue weighted by molar-refractivity contribution is 7.99. The summed E-state index contributed by atoms with van der Waals surface area (Å²) < 4.78 is 7.31. The molecule has 0 aromatic carbocycles. The van der Waals surface area contributed by atoms with Crippen molar-refractivity contribution in [2.24, 2.45) is 12.8 Å². The van der Waals surface area contributed by atoms with Crippen LogP contribution in [0.4, 0.5) is 0 Å². The van der Waals surface area contributed by atoms with Crippen molar-refractivity contribution < 1.29 is 4.74 Å². The molecule has 0 radical (unpaired) electrons. The summed E-state index contributed by atoms with van der Waals surface area (Å²) >= 11 is 1.90. The SMILES string of the molecule is Cn1cc(CC(N)C2CSCCO2)nn1. The monoisotopic (exact) mass is 228 g/mol. The van der Waals surface area contributed by atoms with E-state index in [4.69, 9.17) is 10.5 Å². The minimum Gasteiger partial charge on any atom is -0.375 e. The molecule has 0 bridgehead atoms. The van der Waals surface area contributed by atoms with Crippen LogP contribution in [0.1, 0.15) is 5.69 Å². The zero-order valence-corrected chi connectivity index (χ0v) is 9.61. The van der Waals surface area contributed by atoms with Crippen LogP contribution in [0.5, 0.6) is 0 Å². The molecule has 0 amide bonds. The number of nitrogens with zero attached hydrogens (tertiary/aromatic N) is 3. The second-order valence-electron chi connectivity index (χ2n) is 3.74. The van der Waals surface area contributed by atoms with E-state index in [0.29, 0.717) is 0 Å². The summed E-state index contributed by atoms with van der Waals surface area (Å²) in [6.07, 6.45) is 2.79. The highest BCUT2D eigenvalue weighted by Gasteiger charge is 2.22. The topological polar surface area (TPSA) is 66.0 Å². The van der Waals surface area contributed by atoms with E-state index in [9.17, 15) is 0 Å². The number of nitrogens with two attached hydrogens (primary N) is 1. The first-order chi connectivity index (χ1) is 7.25. The van der Waals surface area contributed by atoms with Gasteiger partial charge in [0, 0.05) is 37.2 Å². The van der Waals surface area contributed by atoms with Crippen LogP contribution >= 0.6 is 11.8 Å². The Bertz CT molecular complexity index is 311. The molecular weight excluding hydrogens is 212 g/mol. The van der Waals surface area contributed by atoms with Crippen LogP contribution in [0.2, 0.25) is 0 Å². The molecule has 15 heavy (non-hydrogen) atoms. The zero-order chi connectivity index (χ0) is 10.7. The molecule has 84 valence electrons. The van der Waals surface area contributed by atoms with E-state index in [2.05, 4.69) is 10.3 Å². The quantitative estimate of drug-likeness (QED) is 0.777. The molecule has 2 unspecified atom stereocenters. The van der Waals surface area contributed by atoms with Gasteiger partial charge in [-0.3, -0.25) is 4.68 Å². The Morgan fingerprint density at radius 3 is 3.27 bits per heavy atom. The summed E-state index contributed by atoms with van der Waals surface area (Å²) in [6, 6.07) is 0.0227. The standard InChI is InChI=1S/C9H16N4OS/c1-13-5-7(11-12-13)4-8(10)9-6-15-3-2-14-9/h5,8-9H,2-4,6,10H2,1H3. The maximum Gasteiger partial charge on any atom is 0.0843 e. The Morgan fingerprint density at radius 2 is 2.67 bits per heavy atom. The first-order valence-electron chi connectivity index (χ1n) is 5.06. The highest BCUT2D eigenvalue weighted by Crippen LogP contribution is 2.16. The lowest BCUT2D eigenvalue weighted by atomic mass is 10.1. The van der Waals surface area contributed by atoms with Crippen molar-refractivity contribution in [3.63, 3.8) is 0 Å². The summed E-state index contributed by atoms with van der Waals surface area (Å²) in [5.41, 5.74) is 7.01. The Kier molecular flexibility index (Phi) is 3.61. The molecule has 6 heteroatoms. The zero-order valence-electron chi connectivity index (χ0n) is 8.80. The van der Waals surface area contributed by atoms with Crippen molar-refractivity contribution >= 4 is 11.8 Å². The minimum absolute atomic E-state index is 0.0227. The van der Waals surface area contributed by atoms with Gasteiger partial charge in [-0.1, -0.05) is 5.21 Å². The fourth-order valence-corrected chi connectivity index (χ4v) is 2.57. The summed E-state index contributed by atoms with van der Waals surface area (Å²) in [5, 5.41) is 7.90. The number of hydrogen-bond acceptors (Lipinski definition) is 5. The Labute approximate surface area is 93.4 Å². The third-order valence-electron chi connectivity index (χ3n) is 2.41. The lowest BCUT2D eigenvalue weighted by Gasteiger charge is -2.27. The maximum atomic E-state index is 6.07. The van der Waals surface area contributed by atoms with Crippen molar-refractivity contribution in [3.8, 4) is 0 Å². The molecule has 2 rings (SSSR count). The Morgan fingerprint density at radius 1 is 1.80 bits per heavy atom. The largest absolute Gasteiger partial charge is 0.375 e. The Hall–Kier alpha value is -0.590. The normalized spacial score (nSPS) is 24.0. The van der Waals surface area contributed by atoms with Gasteiger partial charge < -0.3 is 10.5 Å². The van der Waals surface area contributed by atoms with Crippen molar-refractivity contribution in [1.82, 2.24) is 15.0 Å². The molecular formula is C9H16N4OS. The van der Waals surface area contributed by atoms with E-state index in [1.54, 1.807) is 4.68 Å². The third kappa shape index (κ3) is 2.93. The van der Waals surface area contributed by atoms with E-state index < -0.39 is 0 Å². The molecule has 1 aromatic heterocycles. The van der Waals surface area contributed by atoms with Gasteiger partial charge in [0.25, 0.3) is 0 Å². The molecule has 0 spiro atoms. The molecule has 1 aromatic rings. The molecule has 1 aliphatic heterocycles. The highest BCUT2D eigenvalue weighted by atomic mass is 32.2. The van der Waals surface area contributed by atoms with E-state index in [-0.39, 0.29) is 12.1 Å². The van der Waals surface area contributed by atoms with Gasteiger partial charge in [-0.2, -0.15) is 11.8 Å². The molecule has 2 N–H and O–H groups in total. The van der Waals surface area contributed by atoms with Crippen LogP contribution in [0.15, 0.2) is 6.20 Å². The van der Waals surface area contributed by atoms with Crippen LogP contribution < -0.4 is 5.73 Å². The van der Waals surface area contributed by atoms with Crippen molar-refractivity contribution in [2.45, 2.75) is 18.6 Å². The van der Waals surface area contributed by atoms with E-state index in [0.717, 1.165) is 30.2 Å². The maximum absolute atomic E-state index is 6.07. The fraction of sp³-hybridized carbons (Fsp3) is 0.778. The van der Waals surface area contributed by atoms with Crippen molar-refractivity contribution in [1.29, 1.82) is 0 Å². The van der Waals surface area contributed by atoms with E-state index in [1.165, 1.54) is 0 Å². The van der Waals surface area contributed by atoms with Gasteiger partial charge in [0.2, 0.25) is 0 Å². The number of rotatable bonds is 3. The molecule has 5 nitrogen and oxygen atoms in total. The van der Waals surface area contributed by atoms with Gasteiger partial charge in [0.1, 0.15) is 0 Å². The average molecular weight is 228 g/mol. The predicted molar refractivity (Wildman–Crippen MR) is 59.7 cm³/mol. The molecule has 2 atom stereocenters. The van der Waals surface area contributed by atoms with Gasteiger partial charge in [-0.25, -0.2) is 0 Å². The van der Waals surface area contributed by atoms with Crippen LogP contribution in [0, 0.1) is 0 Å². The van der Waals surface area contributed by atoms with Gasteiger partial charge in [-0.15, -0.1) is 5.10 Å². The van der Waals surface area contributed by atoms with Gasteiger partial charge in [-0.05, 0) is 0 Å². The lowest BCUT2D eigenvalue weighted by molar-refractivity contribution is 0.0569. The van der Waals surface area contributed by atoms with Gasteiger partial charge in [0.05, 0.1) is 18.4 Å². The predicted octanol–water partition coefficient (Wildman–Crippen LogP) is -0.183. The molecule has 0 aliphatic carbocycles. The second kappa shape index (κ2) is 4.96. The molecule has 1 aliphatic rings. The first kappa shape index (κ1) is 10.9. The number of ether oxygens (including phenoxy) is 1. The second-order valence-corrected chi connectivity index (χ2v) is 4.89. The van der Waals surface area contributed by atoms with E-state index >= 15 is 0 Å². The van der Waals surface area contributed by atoms with Crippen molar-refractivity contribution in [3.05, 3.63) is 11.9 Å². The average Bonchev–Trinajstić information content (AvgIpc) is 2.65. The number of hydrogen-bond donors (Lipinski definition) is 1. The van der Waals surface area contributed by atoms with Gasteiger partial charge in [0.15, 0.2) is 0 Å². The van der Waals surface area contributed by atoms with Crippen LogP contribution in [0.25, 0.3) is 0 Å². The molecule has 2 heterocycles. The minimum atomic E-state index is 0.0227. The van der Waals surface area contributed by atoms with Crippen molar-refractivity contribution in [2.75, 3.05) is 18.1 Å². The van der Waals surface area contributed by atoms with Crippen LogP contribution in [-0.4, -0.2) is 45.3 Å². The molecule has 0 saturated carbocycles. The number of thioether (sulfide) groups is 1. The van der Waals surface area contributed by atoms with E-state index in [1.807, 2.05) is 25.0 Å². The molecule has 1 fully saturated rings. The summed E-state index contributed by atoms with van der Waals surface area (Å²) in [7, 11) is 1.86. The molecule has 1 saturated heterocycles. The summed E-state index contributed by atoms with van der Waals surface area (Å²) in [5.74, 6) is 2.07. The van der Waals surface area contributed by atoms with Crippen LogP contribution in [0.3, 0.4) is 0 Å². The lowest BCUT2D eigenvalue weighted by Crippen LogP contribution is -2.42. The summed E-state index contributed by atoms with van der Waals surface area (Å²) in [4.78, 5) is 0. The summed E-state index contributed by atoms with van der Waals surface area (Å²) in [6.45, 7) is 0.809. The number of aryl methyl sites for hydroxylation is 1. The third-order valence-corrected chi connectivity index (χ3v) is 3.43. The smallest absolute Gasteiger partial charge is 0.0843 e. The van der Waals surface area contributed by atoms with Crippen LogP contribution in [-0.2, 0) is 18.2 Å². The number of aromatic nitrogens is 3. The van der Waals surface area contributed by atoms with Gasteiger partial charge >= 0.3 is 0 Å².